The summed E-state index contributed by atoms with van der Waals surface area (Å²) in [4.78, 5) is 34.3. The lowest BCUT2D eigenvalue weighted by Gasteiger charge is -2.36. The quantitative estimate of drug-likeness (QED) is 0.650. The van der Waals surface area contributed by atoms with Gasteiger partial charge in [-0.1, -0.05) is 24.3 Å². The third kappa shape index (κ3) is 4.91. The summed E-state index contributed by atoms with van der Waals surface area (Å²) in [5.74, 6) is 0.802. The predicted octanol–water partition coefficient (Wildman–Crippen LogP) is 1.43. The summed E-state index contributed by atoms with van der Waals surface area (Å²) in [6.45, 7) is 8.18. The van der Waals surface area contributed by atoms with Crippen LogP contribution in [0.25, 0.3) is 10.8 Å². The summed E-state index contributed by atoms with van der Waals surface area (Å²) in [6, 6.07) is 13.3. The third-order valence-corrected chi connectivity index (χ3v) is 5.63. The summed E-state index contributed by atoms with van der Waals surface area (Å²) >= 11 is 0. The van der Waals surface area contributed by atoms with Crippen molar-refractivity contribution in [1.29, 1.82) is 0 Å². The molecule has 2 aromatic heterocycles. The van der Waals surface area contributed by atoms with Crippen LogP contribution in [-0.4, -0.2) is 64.3 Å². The molecule has 1 N–H and O–H groups in total. The Morgan fingerprint density at radius 1 is 1.06 bits per heavy atom. The summed E-state index contributed by atoms with van der Waals surface area (Å²) in [5.41, 5.74) is 0.497. The number of hydrogen-bond donors (Lipinski definition) is 1. The van der Waals surface area contributed by atoms with Crippen LogP contribution in [0.4, 0.5) is 5.82 Å². The lowest BCUT2D eigenvalue weighted by atomic mass is 10.1. The number of benzene rings is 1. The Morgan fingerprint density at radius 2 is 1.77 bits per heavy atom. The van der Waals surface area contributed by atoms with Gasteiger partial charge in [-0.3, -0.25) is 14.5 Å². The predicted molar refractivity (Wildman–Crippen MR) is 121 cm³/mol. The topological polar surface area (TPSA) is 83.4 Å². The number of rotatable bonds is 6. The Morgan fingerprint density at radius 3 is 2.48 bits per heavy atom. The van der Waals surface area contributed by atoms with Gasteiger partial charge in [0.1, 0.15) is 12.4 Å². The fraction of sp³-hybridized carbons (Fsp3) is 0.391. The smallest absolute Gasteiger partial charge is 0.275 e. The highest BCUT2D eigenvalue weighted by atomic mass is 16.2. The van der Waals surface area contributed by atoms with Crippen molar-refractivity contribution in [3.63, 3.8) is 0 Å². The van der Waals surface area contributed by atoms with Crippen molar-refractivity contribution in [2.24, 2.45) is 0 Å². The summed E-state index contributed by atoms with van der Waals surface area (Å²) in [7, 11) is 0. The number of aryl methyl sites for hydroxylation is 1. The first kappa shape index (κ1) is 21.0. The Labute approximate surface area is 181 Å². The maximum atomic E-state index is 12.7. The molecule has 1 amide bonds. The van der Waals surface area contributed by atoms with Crippen molar-refractivity contribution < 1.29 is 4.79 Å². The summed E-state index contributed by atoms with van der Waals surface area (Å²) < 4.78 is 1.26. The molecule has 1 unspecified atom stereocenters. The molecular weight excluding hydrogens is 392 g/mol. The van der Waals surface area contributed by atoms with E-state index in [4.69, 9.17) is 0 Å². The van der Waals surface area contributed by atoms with Gasteiger partial charge in [-0.15, -0.1) is 0 Å². The first-order chi connectivity index (χ1) is 15.0. The van der Waals surface area contributed by atoms with Crippen LogP contribution >= 0.6 is 0 Å². The average Bonchev–Trinajstić information content (AvgIpc) is 2.78. The van der Waals surface area contributed by atoms with Gasteiger partial charge in [-0.05, 0) is 32.0 Å². The molecule has 1 atom stereocenters. The highest BCUT2D eigenvalue weighted by Gasteiger charge is 2.20. The highest BCUT2D eigenvalue weighted by Crippen LogP contribution is 2.13. The normalized spacial score (nSPS) is 15.7. The van der Waals surface area contributed by atoms with Crippen molar-refractivity contribution in [1.82, 2.24) is 25.0 Å². The maximum Gasteiger partial charge on any atom is 0.275 e. The first-order valence-corrected chi connectivity index (χ1v) is 10.7. The van der Waals surface area contributed by atoms with Gasteiger partial charge >= 0.3 is 0 Å². The van der Waals surface area contributed by atoms with Gasteiger partial charge in [0.15, 0.2) is 0 Å². The lowest BCUT2D eigenvalue weighted by molar-refractivity contribution is -0.122. The van der Waals surface area contributed by atoms with Crippen molar-refractivity contribution >= 4 is 22.5 Å². The minimum atomic E-state index is -0.241. The van der Waals surface area contributed by atoms with Crippen LogP contribution in [0.2, 0.25) is 0 Å². The number of hydrogen-bond acceptors (Lipinski definition) is 6. The number of nitrogens with one attached hydrogen (secondary N) is 1. The van der Waals surface area contributed by atoms with Crippen molar-refractivity contribution in [3.05, 3.63) is 64.7 Å². The number of carbonyl (C=O) groups excluding carboxylic acids is 1. The van der Waals surface area contributed by atoms with Gasteiger partial charge in [-0.2, -0.15) is 5.10 Å². The number of nitrogens with zero attached hydrogens (tertiary/aromatic N) is 5. The minimum absolute atomic E-state index is 0.0221. The van der Waals surface area contributed by atoms with Gasteiger partial charge < -0.3 is 10.2 Å². The Kier molecular flexibility index (Phi) is 6.27. The molecule has 0 bridgehead atoms. The second-order valence-electron chi connectivity index (χ2n) is 8.04. The van der Waals surface area contributed by atoms with Crippen molar-refractivity contribution in [2.75, 3.05) is 37.6 Å². The molecule has 0 aliphatic carbocycles. The molecule has 1 aliphatic heterocycles. The van der Waals surface area contributed by atoms with E-state index in [0.29, 0.717) is 5.39 Å². The number of anilines is 1. The van der Waals surface area contributed by atoms with Gasteiger partial charge in [-0.25, -0.2) is 9.67 Å². The first-order valence-electron chi connectivity index (χ1n) is 10.7. The van der Waals surface area contributed by atoms with Crippen molar-refractivity contribution in [2.45, 2.75) is 26.4 Å². The molecule has 3 aromatic rings. The van der Waals surface area contributed by atoms with E-state index in [-0.39, 0.29) is 24.1 Å². The number of carbonyl (C=O) groups is 1. The molecule has 0 spiro atoms. The molecule has 0 saturated carbocycles. The second-order valence-corrected chi connectivity index (χ2v) is 8.04. The molecular formula is C23H28N6O2. The molecule has 8 nitrogen and oxygen atoms in total. The zero-order chi connectivity index (χ0) is 21.8. The van der Waals surface area contributed by atoms with Crippen LogP contribution in [0, 0.1) is 6.92 Å². The number of piperazine rings is 1. The Bertz CT molecular complexity index is 1110. The van der Waals surface area contributed by atoms with Crippen LogP contribution < -0.4 is 15.8 Å². The Hall–Kier alpha value is -3.26. The molecule has 1 fully saturated rings. The molecule has 0 radical (unpaired) electrons. The van der Waals surface area contributed by atoms with Crippen LogP contribution in [0.3, 0.4) is 0 Å². The van der Waals surface area contributed by atoms with Gasteiger partial charge in [0.05, 0.1) is 11.1 Å². The van der Waals surface area contributed by atoms with Gasteiger partial charge in [0.25, 0.3) is 5.56 Å². The third-order valence-electron chi connectivity index (χ3n) is 5.63. The van der Waals surface area contributed by atoms with Crippen LogP contribution in [-0.2, 0) is 11.3 Å². The maximum absolute atomic E-state index is 12.7. The summed E-state index contributed by atoms with van der Waals surface area (Å²) in [6.07, 6.45) is 1.82. The molecule has 8 heteroatoms. The van der Waals surface area contributed by atoms with E-state index in [9.17, 15) is 9.59 Å². The molecule has 4 rings (SSSR count). The number of aromatic nitrogens is 3. The fourth-order valence-electron chi connectivity index (χ4n) is 4.10. The standard InChI is InChI=1S/C23H28N6O2/c1-17(15-27-11-13-28(14-12-27)21-9-5-6-10-24-21)25-22(30)16-29-23(31)20-8-4-3-7-19(20)18(2)26-29/h3-10,17H,11-16H2,1-2H3,(H,25,30). The number of pyridine rings is 1. The van der Waals surface area contributed by atoms with E-state index in [0.717, 1.165) is 49.6 Å². The minimum Gasteiger partial charge on any atom is -0.354 e. The van der Waals surface area contributed by atoms with E-state index in [1.165, 1.54) is 4.68 Å². The summed E-state index contributed by atoms with van der Waals surface area (Å²) in [5, 5.41) is 8.74. The van der Waals surface area contributed by atoms with E-state index in [1.54, 1.807) is 6.07 Å². The van der Waals surface area contributed by atoms with Crippen LogP contribution in [0.5, 0.6) is 0 Å². The monoisotopic (exact) mass is 420 g/mol. The second kappa shape index (κ2) is 9.26. The van der Waals surface area contributed by atoms with Crippen LogP contribution in [0.1, 0.15) is 12.6 Å². The molecule has 1 aromatic carbocycles. The zero-order valence-corrected chi connectivity index (χ0v) is 18.0. The Balaban J connectivity index is 1.30. The SMILES string of the molecule is Cc1nn(CC(=O)NC(C)CN2CCN(c3ccccn3)CC2)c(=O)c2ccccc12. The molecule has 1 saturated heterocycles. The van der Waals surface area contributed by atoms with E-state index >= 15 is 0 Å². The molecule has 31 heavy (non-hydrogen) atoms. The van der Waals surface area contributed by atoms with Gasteiger partial charge in [0, 0.05) is 50.3 Å². The van der Waals surface area contributed by atoms with Crippen molar-refractivity contribution in [3.8, 4) is 0 Å². The van der Waals surface area contributed by atoms with E-state index < -0.39 is 0 Å². The largest absolute Gasteiger partial charge is 0.354 e. The molecule has 3 heterocycles. The highest BCUT2D eigenvalue weighted by molar-refractivity contribution is 5.83. The van der Waals surface area contributed by atoms with Gasteiger partial charge in [0.2, 0.25) is 5.91 Å². The van der Waals surface area contributed by atoms with E-state index in [1.807, 2.05) is 56.4 Å². The van der Waals surface area contributed by atoms with E-state index in [2.05, 4.69) is 25.2 Å². The zero-order valence-electron chi connectivity index (χ0n) is 18.0. The van der Waals surface area contributed by atoms with Crippen LogP contribution in [0.15, 0.2) is 53.5 Å². The fourth-order valence-corrected chi connectivity index (χ4v) is 4.10. The lowest BCUT2D eigenvalue weighted by Crippen LogP contribution is -2.51. The number of fused-ring (bicyclic) bond motifs is 1. The molecule has 1 aliphatic rings. The average molecular weight is 421 g/mol. The number of amides is 1. The molecule has 162 valence electrons.